The fourth-order valence-corrected chi connectivity index (χ4v) is 2.70. The number of rotatable bonds is 2. The molecule has 0 aromatic heterocycles. The van der Waals surface area contributed by atoms with Gasteiger partial charge in [-0.05, 0) is 22.3 Å². The topological polar surface area (TPSA) is 55.6 Å². The number of ether oxygens (including phenoxy) is 1. The van der Waals surface area contributed by atoms with Crippen LogP contribution in [0, 0.1) is 0 Å². The van der Waals surface area contributed by atoms with E-state index in [2.05, 4.69) is 24.3 Å². The Morgan fingerprint density at radius 3 is 2.10 bits per heavy atom. The second-order valence-electron chi connectivity index (χ2n) is 4.91. The lowest BCUT2D eigenvalue weighted by atomic mass is 9.98. The van der Waals surface area contributed by atoms with E-state index in [9.17, 15) is 4.79 Å². The minimum absolute atomic E-state index is 0.0753. The third-order valence-electron chi connectivity index (χ3n) is 3.62. The first-order valence-corrected chi connectivity index (χ1v) is 6.52. The van der Waals surface area contributed by atoms with E-state index in [1.54, 1.807) is 0 Å². The number of carbonyl (C=O) groups excluding carboxylic acids is 1. The molecule has 0 unspecified atom stereocenters. The maximum Gasteiger partial charge on any atom is 0.423 e. The highest BCUT2D eigenvalue weighted by molar-refractivity contribution is 5.79. The lowest BCUT2D eigenvalue weighted by Crippen LogP contribution is -2.34. The predicted molar refractivity (Wildman–Crippen MR) is 77.0 cm³/mol. The third-order valence-corrected chi connectivity index (χ3v) is 3.62. The van der Waals surface area contributed by atoms with Crippen molar-refractivity contribution in [3.63, 3.8) is 0 Å². The fourth-order valence-electron chi connectivity index (χ4n) is 2.70. The van der Waals surface area contributed by atoms with Crippen LogP contribution in [0.2, 0.25) is 0 Å². The van der Waals surface area contributed by atoms with Crippen molar-refractivity contribution in [2.24, 2.45) is 5.84 Å². The van der Waals surface area contributed by atoms with Crippen molar-refractivity contribution in [2.45, 2.75) is 5.92 Å². The van der Waals surface area contributed by atoms with Gasteiger partial charge in [0.25, 0.3) is 0 Å². The Kier molecular flexibility index (Phi) is 3.16. The number of nitrogens with two attached hydrogens (primary N) is 1. The molecule has 2 aromatic carbocycles. The normalized spacial score (nSPS) is 12.7. The molecule has 2 aromatic rings. The molecule has 1 aliphatic carbocycles. The standard InChI is InChI=1S/C16H16N2O2/c1-18(17)16(19)20-10-15-13-8-4-2-6-11(13)12-7-3-5-9-14(12)15/h2-9,15H,10,17H2,1H3. The zero-order chi connectivity index (χ0) is 14.1. The first-order chi connectivity index (χ1) is 9.68. The van der Waals surface area contributed by atoms with E-state index in [1.807, 2.05) is 24.3 Å². The van der Waals surface area contributed by atoms with Gasteiger partial charge in [-0.3, -0.25) is 0 Å². The van der Waals surface area contributed by atoms with Crippen LogP contribution in [-0.2, 0) is 4.74 Å². The van der Waals surface area contributed by atoms with Crippen molar-refractivity contribution in [2.75, 3.05) is 13.7 Å². The number of fused-ring (bicyclic) bond motifs is 3. The van der Waals surface area contributed by atoms with Gasteiger partial charge in [-0.1, -0.05) is 48.5 Å². The van der Waals surface area contributed by atoms with E-state index in [4.69, 9.17) is 10.6 Å². The second-order valence-corrected chi connectivity index (χ2v) is 4.91. The SMILES string of the molecule is CN(N)C(=O)OCC1c2ccccc2-c2ccccc21. The van der Waals surface area contributed by atoms with Crippen LogP contribution in [0.15, 0.2) is 48.5 Å². The molecule has 102 valence electrons. The number of nitrogens with zero attached hydrogens (tertiary/aromatic N) is 1. The highest BCUT2D eigenvalue weighted by Crippen LogP contribution is 2.44. The minimum atomic E-state index is -0.521. The summed E-state index contributed by atoms with van der Waals surface area (Å²) in [6.07, 6.45) is -0.521. The summed E-state index contributed by atoms with van der Waals surface area (Å²) in [7, 11) is 1.47. The van der Waals surface area contributed by atoms with Crippen molar-refractivity contribution in [1.29, 1.82) is 0 Å². The Morgan fingerprint density at radius 1 is 1.10 bits per heavy atom. The Morgan fingerprint density at radius 2 is 1.60 bits per heavy atom. The summed E-state index contributed by atoms with van der Waals surface area (Å²) in [5.74, 6) is 5.44. The number of amides is 1. The molecule has 1 amide bonds. The molecule has 0 fully saturated rings. The average Bonchev–Trinajstić information content (AvgIpc) is 2.79. The van der Waals surface area contributed by atoms with Gasteiger partial charge in [0.1, 0.15) is 6.61 Å². The number of hydrogen-bond acceptors (Lipinski definition) is 3. The maximum atomic E-state index is 11.5. The molecule has 2 N–H and O–H groups in total. The lowest BCUT2D eigenvalue weighted by molar-refractivity contribution is 0.108. The molecule has 0 spiro atoms. The molecule has 0 heterocycles. The maximum absolute atomic E-state index is 11.5. The summed E-state index contributed by atoms with van der Waals surface area (Å²) in [6, 6.07) is 16.4. The molecule has 0 saturated carbocycles. The quantitative estimate of drug-likeness (QED) is 0.517. The van der Waals surface area contributed by atoms with Gasteiger partial charge in [-0.2, -0.15) is 0 Å². The third kappa shape index (κ3) is 2.04. The summed E-state index contributed by atoms with van der Waals surface area (Å²) in [6.45, 7) is 0.300. The van der Waals surface area contributed by atoms with Crippen LogP contribution >= 0.6 is 0 Å². The molecule has 0 aliphatic heterocycles. The summed E-state index contributed by atoms with van der Waals surface area (Å²) in [5.41, 5.74) is 4.82. The van der Waals surface area contributed by atoms with Crippen molar-refractivity contribution in [3.05, 3.63) is 59.7 Å². The van der Waals surface area contributed by atoms with Gasteiger partial charge in [0, 0.05) is 13.0 Å². The molecule has 0 radical (unpaired) electrons. The van der Waals surface area contributed by atoms with Crippen molar-refractivity contribution in [3.8, 4) is 11.1 Å². The zero-order valence-corrected chi connectivity index (χ0v) is 11.2. The van der Waals surface area contributed by atoms with Crippen LogP contribution in [0.5, 0.6) is 0 Å². The molecule has 20 heavy (non-hydrogen) atoms. The summed E-state index contributed by atoms with van der Waals surface area (Å²) >= 11 is 0. The first kappa shape index (κ1) is 12.7. The molecular formula is C16H16N2O2. The molecule has 0 bridgehead atoms. The van der Waals surface area contributed by atoms with Gasteiger partial charge < -0.3 is 4.74 Å². The number of hydrogen-bond donors (Lipinski definition) is 1. The smallest absolute Gasteiger partial charge is 0.423 e. The van der Waals surface area contributed by atoms with E-state index in [1.165, 1.54) is 29.3 Å². The number of carbonyl (C=O) groups is 1. The van der Waals surface area contributed by atoms with Crippen molar-refractivity contribution >= 4 is 6.09 Å². The highest BCUT2D eigenvalue weighted by atomic mass is 16.6. The molecule has 3 rings (SSSR count). The van der Waals surface area contributed by atoms with Gasteiger partial charge in [0.2, 0.25) is 0 Å². The monoisotopic (exact) mass is 268 g/mol. The highest BCUT2D eigenvalue weighted by Gasteiger charge is 2.29. The first-order valence-electron chi connectivity index (χ1n) is 6.52. The molecule has 4 heteroatoms. The van der Waals surface area contributed by atoms with E-state index >= 15 is 0 Å². The van der Waals surface area contributed by atoms with Gasteiger partial charge in [0.05, 0.1) is 0 Å². The van der Waals surface area contributed by atoms with Gasteiger partial charge in [-0.25, -0.2) is 15.6 Å². The molecular weight excluding hydrogens is 252 g/mol. The second kappa shape index (κ2) is 4.98. The van der Waals surface area contributed by atoms with Gasteiger partial charge in [-0.15, -0.1) is 0 Å². The Labute approximate surface area is 117 Å². The molecule has 0 atom stereocenters. The van der Waals surface area contributed by atoms with Crippen LogP contribution < -0.4 is 5.84 Å². The van der Waals surface area contributed by atoms with Crippen LogP contribution in [0.4, 0.5) is 4.79 Å². The van der Waals surface area contributed by atoms with Crippen LogP contribution in [0.1, 0.15) is 17.0 Å². The Hall–Kier alpha value is -2.33. The Bertz CT molecular complexity index is 607. The van der Waals surface area contributed by atoms with Crippen LogP contribution in [-0.4, -0.2) is 24.8 Å². The van der Waals surface area contributed by atoms with Gasteiger partial charge >= 0.3 is 6.09 Å². The minimum Gasteiger partial charge on any atom is -0.447 e. The van der Waals surface area contributed by atoms with Crippen LogP contribution in [0.3, 0.4) is 0 Å². The van der Waals surface area contributed by atoms with Crippen LogP contribution in [0.25, 0.3) is 11.1 Å². The van der Waals surface area contributed by atoms with E-state index in [0.29, 0.717) is 6.61 Å². The predicted octanol–water partition coefficient (Wildman–Crippen LogP) is 2.74. The molecule has 1 aliphatic rings. The van der Waals surface area contributed by atoms with E-state index < -0.39 is 6.09 Å². The Balaban J connectivity index is 1.93. The number of hydrazine groups is 1. The largest absolute Gasteiger partial charge is 0.447 e. The van der Waals surface area contributed by atoms with E-state index in [-0.39, 0.29) is 5.92 Å². The number of benzene rings is 2. The molecule has 4 nitrogen and oxygen atoms in total. The summed E-state index contributed by atoms with van der Waals surface area (Å²) in [4.78, 5) is 11.5. The fraction of sp³-hybridized carbons (Fsp3) is 0.188. The zero-order valence-electron chi connectivity index (χ0n) is 11.2. The summed E-state index contributed by atoms with van der Waals surface area (Å²) in [5, 5.41) is 0.951. The van der Waals surface area contributed by atoms with E-state index in [0.717, 1.165) is 5.01 Å². The lowest BCUT2D eigenvalue weighted by Gasteiger charge is -2.16. The summed E-state index contributed by atoms with van der Waals surface area (Å²) < 4.78 is 5.26. The average molecular weight is 268 g/mol. The molecule has 0 saturated heterocycles. The van der Waals surface area contributed by atoms with Gasteiger partial charge in [0.15, 0.2) is 0 Å². The van der Waals surface area contributed by atoms with Crippen molar-refractivity contribution in [1.82, 2.24) is 5.01 Å². The van der Waals surface area contributed by atoms with Crippen molar-refractivity contribution < 1.29 is 9.53 Å².